The van der Waals surface area contributed by atoms with Crippen LogP contribution in [0.2, 0.25) is 0 Å². The molecular formula is C12H18BrNO3S. The second kappa shape index (κ2) is 6.14. The topological polar surface area (TPSA) is 57.6 Å². The largest absolute Gasteiger partial charge is 0.393 e. The highest BCUT2D eigenvalue weighted by Crippen LogP contribution is 2.22. The molecular weight excluding hydrogens is 318 g/mol. The number of aliphatic hydroxyl groups is 1. The Bertz CT molecular complexity index is 514. The Morgan fingerprint density at radius 2 is 2.06 bits per heavy atom. The van der Waals surface area contributed by atoms with Crippen molar-refractivity contribution < 1.29 is 13.5 Å². The highest BCUT2D eigenvalue weighted by atomic mass is 79.9. The molecule has 4 nitrogen and oxygen atoms in total. The van der Waals surface area contributed by atoms with E-state index in [1.54, 1.807) is 32.0 Å². The van der Waals surface area contributed by atoms with Crippen molar-refractivity contribution >= 4 is 26.0 Å². The summed E-state index contributed by atoms with van der Waals surface area (Å²) in [5.74, 6) is 0. The van der Waals surface area contributed by atoms with Crippen molar-refractivity contribution in [1.82, 2.24) is 4.31 Å². The second-order valence-corrected chi connectivity index (χ2v) is 7.30. The summed E-state index contributed by atoms with van der Waals surface area (Å²) in [5, 5.41) is 9.20. The highest BCUT2D eigenvalue weighted by Gasteiger charge is 2.22. The number of aliphatic hydroxyl groups excluding tert-OH is 1. The Hall–Kier alpha value is -0.430. The summed E-state index contributed by atoms with van der Waals surface area (Å²) in [6.45, 7) is 3.71. The van der Waals surface area contributed by atoms with Crippen LogP contribution >= 0.6 is 15.9 Å². The van der Waals surface area contributed by atoms with E-state index in [0.29, 0.717) is 23.4 Å². The van der Waals surface area contributed by atoms with Crippen molar-refractivity contribution in [3.05, 3.63) is 28.2 Å². The minimum atomic E-state index is -3.48. The Morgan fingerprint density at radius 1 is 1.44 bits per heavy atom. The minimum absolute atomic E-state index is 0.301. The van der Waals surface area contributed by atoms with Crippen LogP contribution in [-0.4, -0.2) is 37.5 Å². The first-order valence-electron chi connectivity index (χ1n) is 5.65. The standard InChI is InChI=1S/C12H18BrNO3S/c1-9-8-11(13)4-5-12(9)18(16,17)14(3)7-6-10(2)15/h4-5,8,10,15H,6-7H2,1-3H3. The molecule has 0 fully saturated rings. The summed E-state index contributed by atoms with van der Waals surface area (Å²) in [5.41, 5.74) is 0.702. The zero-order chi connectivity index (χ0) is 13.9. The van der Waals surface area contributed by atoms with Gasteiger partial charge in [0, 0.05) is 18.1 Å². The van der Waals surface area contributed by atoms with Crippen LogP contribution < -0.4 is 0 Å². The third-order valence-corrected chi connectivity index (χ3v) is 5.20. The summed E-state index contributed by atoms with van der Waals surface area (Å²) < 4.78 is 26.7. The van der Waals surface area contributed by atoms with Crippen LogP contribution in [0.25, 0.3) is 0 Å². The molecule has 1 unspecified atom stereocenters. The number of halogens is 1. The van der Waals surface area contributed by atoms with Gasteiger partial charge in [-0.25, -0.2) is 12.7 Å². The molecule has 0 saturated heterocycles. The van der Waals surface area contributed by atoms with E-state index >= 15 is 0 Å². The van der Waals surface area contributed by atoms with E-state index in [9.17, 15) is 13.5 Å². The summed E-state index contributed by atoms with van der Waals surface area (Å²) in [6, 6.07) is 5.07. The molecule has 0 aliphatic heterocycles. The van der Waals surface area contributed by atoms with Crippen LogP contribution in [0.4, 0.5) is 0 Å². The fourth-order valence-electron chi connectivity index (χ4n) is 1.56. The van der Waals surface area contributed by atoms with E-state index < -0.39 is 16.1 Å². The number of aryl methyl sites for hydroxylation is 1. The first kappa shape index (κ1) is 15.6. The summed E-state index contributed by atoms with van der Waals surface area (Å²) in [4.78, 5) is 0.304. The van der Waals surface area contributed by atoms with Crippen molar-refractivity contribution in [1.29, 1.82) is 0 Å². The Balaban J connectivity index is 2.98. The first-order chi connectivity index (χ1) is 8.25. The van der Waals surface area contributed by atoms with Gasteiger partial charge >= 0.3 is 0 Å². The average molecular weight is 336 g/mol. The van der Waals surface area contributed by atoms with Crippen LogP contribution in [0.1, 0.15) is 18.9 Å². The SMILES string of the molecule is Cc1cc(Br)ccc1S(=O)(=O)N(C)CCC(C)O. The maximum atomic E-state index is 12.3. The predicted molar refractivity (Wildman–Crippen MR) is 75.0 cm³/mol. The summed E-state index contributed by atoms with van der Waals surface area (Å²) in [7, 11) is -1.95. The van der Waals surface area contributed by atoms with Gasteiger partial charge in [-0.3, -0.25) is 0 Å². The van der Waals surface area contributed by atoms with Gasteiger partial charge in [-0.1, -0.05) is 15.9 Å². The van der Waals surface area contributed by atoms with Gasteiger partial charge < -0.3 is 5.11 Å². The molecule has 0 radical (unpaired) electrons. The predicted octanol–water partition coefficient (Wildman–Crippen LogP) is 2.15. The number of rotatable bonds is 5. The maximum absolute atomic E-state index is 12.3. The van der Waals surface area contributed by atoms with Crippen LogP contribution in [0.5, 0.6) is 0 Å². The Kier molecular flexibility index (Phi) is 5.33. The molecule has 0 aliphatic carbocycles. The van der Waals surface area contributed by atoms with E-state index in [4.69, 9.17) is 0 Å². The molecule has 1 N–H and O–H groups in total. The number of hydrogen-bond acceptors (Lipinski definition) is 3. The van der Waals surface area contributed by atoms with Gasteiger partial charge in [-0.15, -0.1) is 0 Å². The monoisotopic (exact) mass is 335 g/mol. The van der Waals surface area contributed by atoms with Crippen molar-refractivity contribution in [2.45, 2.75) is 31.3 Å². The zero-order valence-electron chi connectivity index (χ0n) is 10.7. The van der Waals surface area contributed by atoms with Crippen LogP contribution in [0, 0.1) is 6.92 Å². The normalized spacial score (nSPS) is 13.9. The fraction of sp³-hybridized carbons (Fsp3) is 0.500. The summed E-state index contributed by atoms with van der Waals surface area (Å²) >= 11 is 3.31. The number of sulfonamides is 1. The zero-order valence-corrected chi connectivity index (χ0v) is 13.1. The van der Waals surface area contributed by atoms with Gasteiger partial charge in [0.15, 0.2) is 0 Å². The Morgan fingerprint density at radius 3 is 2.56 bits per heavy atom. The molecule has 0 aromatic heterocycles. The van der Waals surface area contributed by atoms with Gasteiger partial charge in [0.1, 0.15) is 0 Å². The van der Waals surface area contributed by atoms with Crippen LogP contribution in [0.3, 0.4) is 0 Å². The van der Waals surface area contributed by atoms with Crippen LogP contribution in [-0.2, 0) is 10.0 Å². The molecule has 0 amide bonds. The number of nitrogens with zero attached hydrogens (tertiary/aromatic N) is 1. The lowest BCUT2D eigenvalue weighted by Gasteiger charge is -2.19. The molecule has 1 aromatic rings. The molecule has 1 atom stereocenters. The molecule has 0 saturated carbocycles. The van der Waals surface area contributed by atoms with E-state index in [-0.39, 0.29) is 0 Å². The van der Waals surface area contributed by atoms with Gasteiger partial charge in [-0.2, -0.15) is 0 Å². The lowest BCUT2D eigenvalue weighted by Crippen LogP contribution is -2.30. The quantitative estimate of drug-likeness (QED) is 0.896. The van der Waals surface area contributed by atoms with E-state index in [1.807, 2.05) is 0 Å². The lowest BCUT2D eigenvalue weighted by molar-refractivity contribution is 0.177. The van der Waals surface area contributed by atoms with Gasteiger partial charge in [-0.05, 0) is 44.0 Å². The second-order valence-electron chi connectivity index (χ2n) is 4.37. The molecule has 0 heterocycles. The summed E-state index contributed by atoms with van der Waals surface area (Å²) in [6.07, 6.45) is -0.0839. The molecule has 0 aliphatic rings. The third kappa shape index (κ3) is 3.78. The average Bonchev–Trinajstić information content (AvgIpc) is 2.24. The van der Waals surface area contributed by atoms with E-state index in [0.717, 1.165) is 4.47 Å². The molecule has 0 spiro atoms. The molecule has 1 aromatic carbocycles. The number of hydrogen-bond donors (Lipinski definition) is 1. The smallest absolute Gasteiger partial charge is 0.243 e. The highest BCUT2D eigenvalue weighted by molar-refractivity contribution is 9.10. The molecule has 6 heteroatoms. The molecule has 102 valence electrons. The minimum Gasteiger partial charge on any atom is -0.393 e. The van der Waals surface area contributed by atoms with Crippen molar-refractivity contribution in [2.24, 2.45) is 0 Å². The van der Waals surface area contributed by atoms with Crippen molar-refractivity contribution in [3.63, 3.8) is 0 Å². The molecule has 1 rings (SSSR count). The van der Waals surface area contributed by atoms with Crippen LogP contribution in [0.15, 0.2) is 27.6 Å². The fourth-order valence-corrected chi connectivity index (χ4v) is 3.42. The van der Waals surface area contributed by atoms with Gasteiger partial charge in [0.05, 0.1) is 11.0 Å². The van der Waals surface area contributed by atoms with E-state index in [2.05, 4.69) is 15.9 Å². The van der Waals surface area contributed by atoms with Crippen molar-refractivity contribution in [2.75, 3.05) is 13.6 Å². The first-order valence-corrected chi connectivity index (χ1v) is 7.89. The Labute approximate surface area is 117 Å². The number of benzene rings is 1. The third-order valence-electron chi connectivity index (χ3n) is 2.69. The maximum Gasteiger partial charge on any atom is 0.243 e. The van der Waals surface area contributed by atoms with Crippen molar-refractivity contribution in [3.8, 4) is 0 Å². The molecule has 18 heavy (non-hydrogen) atoms. The molecule has 0 bridgehead atoms. The van der Waals surface area contributed by atoms with Gasteiger partial charge in [0.25, 0.3) is 0 Å². The van der Waals surface area contributed by atoms with Gasteiger partial charge in [0.2, 0.25) is 10.0 Å². The van der Waals surface area contributed by atoms with E-state index in [1.165, 1.54) is 11.4 Å². The lowest BCUT2D eigenvalue weighted by atomic mass is 10.2.